The molecule has 0 unspecified atom stereocenters. The third-order valence-corrected chi connectivity index (χ3v) is 12.0. The van der Waals surface area contributed by atoms with Crippen LogP contribution < -0.4 is 14.2 Å². The summed E-state index contributed by atoms with van der Waals surface area (Å²) < 4.78 is 17.1. The topological polar surface area (TPSA) is 78.9 Å². The average Bonchev–Trinajstić information content (AvgIpc) is 3.23. The highest BCUT2D eigenvalue weighted by Crippen LogP contribution is 2.30. The van der Waals surface area contributed by atoms with Gasteiger partial charge in [-0.15, -0.1) is 0 Å². The quantitative estimate of drug-likeness (QED) is 0.0370. The minimum Gasteiger partial charge on any atom is -0.426 e. The third kappa shape index (κ3) is 37.4. The summed E-state index contributed by atoms with van der Waals surface area (Å²) in [7, 11) is 0. The van der Waals surface area contributed by atoms with Crippen molar-refractivity contribution in [2.24, 2.45) is 0 Å². The van der Waals surface area contributed by atoms with Crippen molar-refractivity contribution < 1.29 is 28.6 Å². The normalized spacial score (nSPS) is 11.2. The molecule has 0 heterocycles. The van der Waals surface area contributed by atoms with Gasteiger partial charge in [0.1, 0.15) is 17.2 Å². The summed E-state index contributed by atoms with van der Waals surface area (Å²) in [5, 5.41) is 0. The number of hydrogen-bond acceptors (Lipinski definition) is 6. The molecule has 1 rings (SSSR count). The molecule has 6 nitrogen and oxygen atoms in total. The third-order valence-electron chi connectivity index (χ3n) is 12.0. The molecule has 0 saturated carbocycles. The van der Waals surface area contributed by atoms with E-state index in [1.807, 2.05) is 0 Å². The van der Waals surface area contributed by atoms with Gasteiger partial charge in [-0.2, -0.15) is 0 Å². The van der Waals surface area contributed by atoms with Gasteiger partial charge in [-0.1, -0.05) is 252 Å². The first-order chi connectivity index (χ1) is 29.5. The smallest absolute Gasteiger partial charge is 0.311 e. The maximum atomic E-state index is 12.8. The molecule has 1 aromatic rings. The first kappa shape index (κ1) is 55.6. The van der Waals surface area contributed by atoms with E-state index in [0.717, 1.165) is 57.8 Å². The standard InChI is InChI=1S/C54H96O6/c1-4-7-10-13-16-19-22-25-28-31-34-37-40-43-52(55)58-49-46-50(59-53(56)44-41-38-35-32-29-26-23-20-17-14-11-8-5-2)48-51(47-49)60-54(57)45-42-39-36-33-30-27-24-21-18-15-12-9-6-3/h46-48H,4-45H2,1-3H3. The predicted octanol–water partition coefficient (Wildman–Crippen LogP) is 17.8. The zero-order valence-electron chi connectivity index (χ0n) is 39.9. The minimum absolute atomic E-state index is 0.240. The fraction of sp³-hybridized carbons (Fsp3) is 0.833. The summed E-state index contributed by atoms with van der Waals surface area (Å²) in [6, 6.07) is 4.69. The number of esters is 3. The molecular formula is C54H96O6. The highest BCUT2D eigenvalue weighted by Gasteiger charge is 2.14. The zero-order chi connectivity index (χ0) is 43.4. The van der Waals surface area contributed by atoms with Crippen LogP contribution in [-0.4, -0.2) is 17.9 Å². The second-order valence-electron chi connectivity index (χ2n) is 18.0. The van der Waals surface area contributed by atoms with E-state index in [1.54, 1.807) is 18.2 Å². The van der Waals surface area contributed by atoms with Crippen LogP contribution in [0.2, 0.25) is 0 Å². The molecule has 0 N–H and O–H groups in total. The van der Waals surface area contributed by atoms with E-state index in [1.165, 1.54) is 193 Å². The lowest BCUT2D eigenvalue weighted by Crippen LogP contribution is -2.11. The number of rotatable bonds is 45. The van der Waals surface area contributed by atoms with E-state index in [-0.39, 0.29) is 35.2 Å². The van der Waals surface area contributed by atoms with Gasteiger partial charge in [0, 0.05) is 37.5 Å². The fourth-order valence-electron chi connectivity index (χ4n) is 8.13. The lowest BCUT2D eigenvalue weighted by Gasteiger charge is -2.11. The Balaban J connectivity index is 2.47. The van der Waals surface area contributed by atoms with Gasteiger partial charge in [-0.25, -0.2) is 0 Å². The Labute approximate surface area is 371 Å². The van der Waals surface area contributed by atoms with Gasteiger partial charge < -0.3 is 14.2 Å². The van der Waals surface area contributed by atoms with Gasteiger partial charge in [0.25, 0.3) is 0 Å². The zero-order valence-corrected chi connectivity index (χ0v) is 39.9. The monoisotopic (exact) mass is 841 g/mol. The second kappa shape index (κ2) is 43.3. The lowest BCUT2D eigenvalue weighted by molar-refractivity contribution is -0.135. The maximum Gasteiger partial charge on any atom is 0.311 e. The largest absolute Gasteiger partial charge is 0.426 e. The van der Waals surface area contributed by atoms with E-state index < -0.39 is 0 Å². The SMILES string of the molecule is CCCCCCCCCCCCCCCC(=O)Oc1cc(OC(=O)CCCCCCCCCCCCCCC)cc(OC(=O)CCCCCCCCCCCCCCC)c1. The van der Waals surface area contributed by atoms with Crippen LogP contribution in [0.4, 0.5) is 0 Å². The van der Waals surface area contributed by atoms with Crippen molar-refractivity contribution in [2.75, 3.05) is 0 Å². The maximum absolute atomic E-state index is 12.8. The molecule has 0 aliphatic heterocycles. The average molecular weight is 841 g/mol. The Morgan fingerprint density at radius 2 is 0.417 bits per heavy atom. The van der Waals surface area contributed by atoms with Crippen molar-refractivity contribution in [2.45, 2.75) is 290 Å². The van der Waals surface area contributed by atoms with E-state index >= 15 is 0 Å². The van der Waals surface area contributed by atoms with E-state index in [0.29, 0.717) is 19.3 Å². The van der Waals surface area contributed by atoms with Crippen LogP contribution in [0.15, 0.2) is 18.2 Å². The molecule has 0 bridgehead atoms. The van der Waals surface area contributed by atoms with Crippen LogP contribution in [0.3, 0.4) is 0 Å². The van der Waals surface area contributed by atoms with Crippen molar-refractivity contribution in [1.82, 2.24) is 0 Å². The Morgan fingerprint density at radius 1 is 0.267 bits per heavy atom. The van der Waals surface area contributed by atoms with Gasteiger partial charge in [0.05, 0.1) is 0 Å². The van der Waals surface area contributed by atoms with E-state index in [4.69, 9.17) is 14.2 Å². The van der Waals surface area contributed by atoms with Gasteiger partial charge in [-0.05, 0) is 19.3 Å². The van der Waals surface area contributed by atoms with Crippen molar-refractivity contribution in [3.63, 3.8) is 0 Å². The molecule has 60 heavy (non-hydrogen) atoms. The van der Waals surface area contributed by atoms with Crippen LogP contribution in [0.5, 0.6) is 17.2 Å². The summed E-state index contributed by atoms with van der Waals surface area (Å²) in [6.07, 6.45) is 49.6. The molecule has 0 radical (unpaired) electrons. The summed E-state index contributed by atoms with van der Waals surface area (Å²) >= 11 is 0. The summed E-state index contributed by atoms with van der Waals surface area (Å²) in [4.78, 5) is 38.5. The molecule has 0 aliphatic rings. The van der Waals surface area contributed by atoms with Crippen LogP contribution >= 0.6 is 0 Å². The van der Waals surface area contributed by atoms with Gasteiger partial charge >= 0.3 is 17.9 Å². The summed E-state index contributed by atoms with van der Waals surface area (Å²) in [5.41, 5.74) is 0. The molecule has 0 aromatic heterocycles. The molecule has 0 atom stereocenters. The molecule has 0 amide bonds. The summed E-state index contributed by atoms with van der Waals surface area (Å²) in [6.45, 7) is 6.79. The molecule has 0 saturated heterocycles. The molecule has 6 heteroatoms. The van der Waals surface area contributed by atoms with Crippen LogP contribution in [0.1, 0.15) is 290 Å². The van der Waals surface area contributed by atoms with E-state index in [2.05, 4.69) is 20.8 Å². The molecule has 348 valence electrons. The van der Waals surface area contributed by atoms with Crippen molar-refractivity contribution in [3.8, 4) is 17.2 Å². The van der Waals surface area contributed by atoms with Crippen molar-refractivity contribution in [3.05, 3.63) is 18.2 Å². The van der Waals surface area contributed by atoms with Gasteiger partial charge in [0.15, 0.2) is 0 Å². The molecular weight excluding hydrogens is 745 g/mol. The number of benzene rings is 1. The summed E-state index contributed by atoms with van der Waals surface area (Å²) in [5.74, 6) is -0.243. The van der Waals surface area contributed by atoms with Gasteiger partial charge in [-0.3, -0.25) is 14.4 Å². The number of carbonyl (C=O) groups excluding carboxylic acids is 3. The van der Waals surface area contributed by atoms with Crippen LogP contribution in [0.25, 0.3) is 0 Å². The Morgan fingerprint density at radius 3 is 0.583 bits per heavy atom. The van der Waals surface area contributed by atoms with Crippen LogP contribution in [0, 0.1) is 0 Å². The number of hydrogen-bond donors (Lipinski definition) is 0. The Hall–Kier alpha value is -2.37. The molecule has 0 fully saturated rings. The number of ether oxygens (including phenoxy) is 3. The molecule has 0 spiro atoms. The Kier molecular flexibility index (Phi) is 40.1. The number of unbranched alkanes of at least 4 members (excludes halogenated alkanes) is 36. The molecule has 0 aliphatic carbocycles. The molecule has 1 aromatic carbocycles. The van der Waals surface area contributed by atoms with Crippen molar-refractivity contribution in [1.29, 1.82) is 0 Å². The Bertz CT molecular complexity index is 981. The fourth-order valence-corrected chi connectivity index (χ4v) is 8.13. The second-order valence-corrected chi connectivity index (χ2v) is 18.0. The predicted molar refractivity (Wildman–Crippen MR) is 254 cm³/mol. The number of carbonyl (C=O) groups is 3. The highest BCUT2D eigenvalue weighted by molar-refractivity contribution is 5.76. The first-order valence-electron chi connectivity index (χ1n) is 26.3. The van der Waals surface area contributed by atoms with E-state index in [9.17, 15) is 14.4 Å². The minimum atomic E-state index is -0.322. The van der Waals surface area contributed by atoms with Crippen molar-refractivity contribution >= 4 is 17.9 Å². The van der Waals surface area contributed by atoms with Crippen LogP contribution in [-0.2, 0) is 14.4 Å². The first-order valence-corrected chi connectivity index (χ1v) is 26.3. The highest BCUT2D eigenvalue weighted by atomic mass is 16.6. The van der Waals surface area contributed by atoms with Gasteiger partial charge in [0.2, 0.25) is 0 Å². The lowest BCUT2D eigenvalue weighted by atomic mass is 10.0.